The molecule has 2 N–H and O–H groups in total. The molecule has 27 heavy (non-hydrogen) atoms. The van der Waals surface area contributed by atoms with Crippen molar-refractivity contribution >= 4 is 21.7 Å². The second-order valence-electron chi connectivity index (χ2n) is 7.67. The van der Waals surface area contributed by atoms with E-state index in [0.717, 1.165) is 23.5 Å². The van der Waals surface area contributed by atoms with Gasteiger partial charge in [-0.2, -0.15) is 5.10 Å². The Labute approximate surface area is 161 Å². The molecule has 1 aromatic heterocycles. The number of aromatic nitrogens is 2. The summed E-state index contributed by atoms with van der Waals surface area (Å²) >= 11 is 0. The molecular weight excluding hydrogens is 368 g/mol. The lowest BCUT2D eigenvalue weighted by Gasteiger charge is -2.11. The average molecular weight is 399 g/mol. The van der Waals surface area contributed by atoms with E-state index >= 15 is 0 Å². The lowest BCUT2D eigenvalue weighted by Crippen LogP contribution is -2.38. The van der Waals surface area contributed by atoms with E-state index in [9.17, 15) is 18.0 Å². The van der Waals surface area contributed by atoms with Crippen LogP contribution in [-0.2, 0) is 32.4 Å². The monoisotopic (exact) mass is 398 g/mol. The molecule has 2 heterocycles. The fraction of sp³-hybridized carbons (Fsp3) is 0.722. The van der Waals surface area contributed by atoms with Gasteiger partial charge in [0, 0.05) is 36.8 Å². The Morgan fingerprint density at radius 3 is 2.56 bits per heavy atom. The fourth-order valence-electron chi connectivity index (χ4n) is 3.26. The van der Waals surface area contributed by atoms with Crippen LogP contribution in [0.1, 0.15) is 43.6 Å². The van der Waals surface area contributed by atoms with Crippen molar-refractivity contribution in [2.75, 3.05) is 18.1 Å². The molecule has 0 aliphatic carbocycles. The van der Waals surface area contributed by atoms with Gasteiger partial charge in [0.25, 0.3) is 0 Å². The summed E-state index contributed by atoms with van der Waals surface area (Å²) in [5.41, 5.74) is 2.77. The van der Waals surface area contributed by atoms with Gasteiger partial charge in [-0.25, -0.2) is 8.42 Å². The van der Waals surface area contributed by atoms with Crippen LogP contribution < -0.4 is 10.6 Å². The van der Waals surface area contributed by atoms with Crippen LogP contribution in [0, 0.1) is 19.8 Å². The summed E-state index contributed by atoms with van der Waals surface area (Å²) in [7, 11) is -3.02. The van der Waals surface area contributed by atoms with Crippen molar-refractivity contribution in [2.45, 2.75) is 59.5 Å². The second kappa shape index (κ2) is 8.86. The topological polar surface area (TPSA) is 110 Å². The summed E-state index contributed by atoms with van der Waals surface area (Å²) in [6, 6.07) is -0.310. The maximum absolute atomic E-state index is 12.2. The molecule has 0 bridgehead atoms. The highest BCUT2D eigenvalue weighted by molar-refractivity contribution is 7.91. The summed E-state index contributed by atoms with van der Waals surface area (Å²) in [5, 5.41) is 9.97. The molecule has 1 atom stereocenters. The molecule has 2 rings (SSSR count). The van der Waals surface area contributed by atoms with Gasteiger partial charge in [0.15, 0.2) is 9.84 Å². The van der Waals surface area contributed by atoms with Crippen LogP contribution in [0.2, 0.25) is 0 Å². The molecule has 1 saturated heterocycles. The third-order valence-electron chi connectivity index (χ3n) is 4.68. The Bertz CT molecular complexity index is 799. The van der Waals surface area contributed by atoms with Gasteiger partial charge in [-0.05, 0) is 26.2 Å². The van der Waals surface area contributed by atoms with Gasteiger partial charge in [0.1, 0.15) is 0 Å². The molecule has 1 fully saturated rings. The van der Waals surface area contributed by atoms with Crippen LogP contribution >= 0.6 is 0 Å². The van der Waals surface area contributed by atoms with Crippen molar-refractivity contribution in [1.82, 2.24) is 20.4 Å². The summed E-state index contributed by atoms with van der Waals surface area (Å²) < 4.78 is 24.7. The molecule has 2 amide bonds. The highest BCUT2D eigenvalue weighted by atomic mass is 32.2. The number of carbonyl (C=O) groups excluding carboxylic acids is 2. The molecule has 0 radical (unpaired) electrons. The van der Waals surface area contributed by atoms with Crippen LogP contribution in [0.15, 0.2) is 0 Å². The number of sulfone groups is 1. The second-order valence-corrected chi connectivity index (χ2v) is 9.90. The van der Waals surface area contributed by atoms with Gasteiger partial charge in [0.05, 0.1) is 23.6 Å². The third kappa shape index (κ3) is 6.34. The van der Waals surface area contributed by atoms with Gasteiger partial charge in [0.2, 0.25) is 11.8 Å². The Morgan fingerprint density at radius 2 is 1.96 bits per heavy atom. The first-order valence-electron chi connectivity index (χ1n) is 9.36. The van der Waals surface area contributed by atoms with Crippen LogP contribution in [0.5, 0.6) is 0 Å². The van der Waals surface area contributed by atoms with Crippen molar-refractivity contribution in [3.05, 3.63) is 17.0 Å². The number of amides is 2. The smallest absolute Gasteiger partial charge is 0.224 e. The zero-order valence-electron chi connectivity index (χ0n) is 16.5. The number of rotatable bonds is 8. The van der Waals surface area contributed by atoms with Crippen LogP contribution in [0.3, 0.4) is 0 Å². The van der Waals surface area contributed by atoms with E-state index in [2.05, 4.69) is 29.6 Å². The number of hydrogen-bond acceptors (Lipinski definition) is 5. The minimum atomic E-state index is -3.02. The standard InChI is InChI=1S/C18H30N4O4S/c1-12(2)10-22-14(4)16(13(3)21-22)9-18(24)19-7-5-17(23)20-15-6-8-27(25,26)11-15/h12,15H,5-11H2,1-4H3,(H,19,24)(H,20,23)/t15-/m0/s1. The first-order chi connectivity index (χ1) is 12.6. The Morgan fingerprint density at radius 1 is 1.26 bits per heavy atom. The van der Waals surface area contributed by atoms with E-state index in [0.29, 0.717) is 12.3 Å². The van der Waals surface area contributed by atoms with Crippen molar-refractivity contribution in [3.63, 3.8) is 0 Å². The molecule has 0 unspecified atom stereocenters. The van der Waals surface area contributed by atoms with Crippen molar-refractivity contribution in [1.29, 1.82) is 0 Å². The number of hydrogen-bond donors (Lipinski definition) is 2. The van der Waals surface area contributed by atoms with Crippen molar-refractivity contribution in [3.8, 4) is 0 Å². The van der Waals surface area contributed by atoms with Gasteiger partial charge >= 0.3 is 0 Å². The first-order valence-corrected chi connectivity index (χ1v) is 11.2. The van der Waals surface area contributed by atoms with Crippen LogP contribution in [0.4, 0.5) is 0 Å². The summed E-state index contributed by atoms with van der Waals surface area (Å²) in [6.45, 7) is 9.14. The Hall–Kier alpha value is -1.90. The maximum Gasteiger partial charge on any atom is 0.224 e. The number of nitrogens with zero attached hydrogens (tertiary/aromatic N) is 2. The normalized spacial score (nSPS) is 18.6. The quantitative estimate of drug-likeness (QED) is 0.663. The lowest BCUT2D eigenvalue weighted by molar-refractivity contribution is -0.122. The first kappa shape index (κ1) is 21.4. The molecule has 1 aliphatic heterocycles. The average Bonchev–Trinajstić information content (AvgIpc) is 3.00. The molecule has 1 aliphatic rings. The van der Waals surface area contributed by atoms with Gasteiger partial charge in [-0.1, -0.05) is 13.8 Å². The summed E-state index contributed by atoms with van der Waals surface area (Å²) in [4.78, 5) is 24.1. The van der Waals surface area contributed by atoms with E-state index in [4.69, 9.17) is 0 Å². The fourth-order valence-corrected chi connectivity index (χ4v) is 4.93. The molecule has 8 nitrogen and oxygen atoms in total. The van der Waals surface area contributed by atoms with E-state index in [1.54, 1.807) is 0 Å². The van der Waals surface area contributed by atoms with Crippen molar-refractivity contribution < 1.29 is 18.0 Å². The van der Waals surface area contributed by atoms with Gasteiger partial charge in [-0.15, -0.1) is 0 Å². The molecule has 0 spiro atoms. The Balaban J connectivity index is 1.76. The summed E-state index contributed by atoms with van der Waals surface area (Å²) in [5.74, 6) is 0.205. The molecule has 0 saturated carbocycles. The molecular formula is C18H30N4O4S. The van der Waals surface area contributed by atoms with E-state index in [1.165, 1.54) is 0 Å². The van der Waals surface area contributed by atoms with Crippen LogP contribution in [-0.4, -0.2) is 54.1 Å². The minimum Gasteiger partial charge on any atom is -0.355 e. The highest BCUT2D eigenvalue weighted by Crippen LogP contribution is 2.15. The predicted molar refractivity (Wildman–Crippen MR) is 103 cm³/mol. The molecule has 152 valence electrons. The number of aryl methyl sites for hydroxylation is 1. The highest BCUT2D eigenvalue weighted by Gasteiger charge is 2.28. The molecule has 0 aromatic carbocycles. The van der Waals surface area contributed by atoms with Crippen molar-refractivity contribution in [2.24, 2.45) is 5.92 Å². The lowest BCUT2D eigenvalue weighted by atomic mass is 10.1. The van der Waals surface area contributed by atoms with Gasteiger partial charge in [-0.3, -0.25) is 14.3 Å². The van der Waals surface area contributed by atoms with Gasteiger partial charge < -0.3 is 10.6 Å². The molecule has 9 heteroatoms. The third-order valence-corrected chi connectivity index (χ3v) is 6.45. The molecule has 1 aromatic rings. The van der Waals surface area contributed by atoms with Crippen LogP contribution in [0.25, 0.3) is 0 Å². The Kier molecular flexibility index (Phi) is 7.02. The largest absolute Gasteiger partial charge is 0.355 e. The van der Waals surface area contributed by atoms with E-state index in [-0.39, 0.29) is 48.7 Å². The zero-order chi connectivity index (χ0) is 20.2. The minimum absolute atomic E-state index is 0.00399. The zero-order valence-corrected chi connectivity index (χ0v) is 17.4. The SMILES string of the molecule is Cc1nn(CC(C)C)c(C)c1CC(=O)NCCC(=O)N[C@H]1CCS(=O)(=O)C1. The van der Waals surface area contributed by atoms with E-state index in [1.807, 2.05) is 18.5 Å². The summed E-state index contributed by atoms with van der Waals surface area (Å²) in [6.07, 6.45) is 0.824. The number of nitrogens with one attached hydrogen (secondary N) is 2. The predicted octanol–water partition coefficient (Wildman–Crippen LogP) is 0.508. The maximum atomic E-state index is 12.2. The number of carbonyl (C=O) groups is 2. The van der Waals surface area contributed by atoms with E-state index < -0.39 is 9.84 Å².